The van der Waals surface area contributed by atoms with Crippen LogP contribution in [0.25, 0.3) is 0 Å². The van der Waals surface area contributed by atoms with Gasteiger partial charge >= 0.3 is 6.18 Å². The first-order valence-electron chi connectivity index (χ1n) is 6.51. The second kappa shape index (κ2) is 6.54. The number of hydrogen-bond donors (Lipinski definition) is 1. The predicted molar refractivity (Wildman–Crippen MR) is 70.7 cm³/mol. The van der Waals surface area contributed by atoms with Crippen LogP contribution in [-0.2, 0) is 6.18 Å². The summed E-state index contributed by atoms with van der Waals surface area (Å²) in [4.78, 5) is 1.91. The molecule has 0 aliphatic carbocycles. The Labute approximate surface area is 116 Å². The van der Waals surface area contributed by atoms with E-state index in [1.807, 2.05) is 25.8 Å². The molecule has 0 aliphatic rings. The van der Waals surface area contributed by atoms with Crippen molar-refractivity contribution in [3.05, 3.63) is 35.1 Å². The Morgan fingerprint density at radius 2 is 1.90 bits per heavy atom. The molecule has 0 heterocycles. The van der Waals surface area contributed by atoms with E-state index in [4.69, 9.17) is 5.73 Å². The molecule has 0 saturated carbocycles. The zero-order chi connectivity index (χ0) is 15.5. The van der Waals surface area contributed by atoms with Crippen LogP contribution < -0.4 is 5.73 Å². The van der Waals surface area contributed by atoms with Crippen molar-refractivity contribution >= 4 is 0 Å². The Morgan fingerprint density at radius 3 is 2.35 bits per heavy atom. The summed E-state index contributed by atoms with van der Waals surface area (Å²) < 4.78 is 51.5. The monoisotopic (exact) mass is 292 g/mol. The lowest BCUT2D eigenvalue weighted by Crippen LogP contribution is -2.36. The summed E-state index contributed by atoms with van der Waals surface area (Å²) in [6, 6.07) is 2.87. The molecule has 114 valence electrons. The van der Waals surface area contributed by atoms with Crippen LogP contribution in [0.4, 0.5) is 17.6 Å². The van der Waals surface area contributed by atoms with Gasteiger partial charge in [-0.2, -0.15) is 13.2 Å². The lowest BCUT2D eigenvalue weighted by atomic mass is 10.0. The van der Waals surface area contributed by atoms with Crippen molar-refractivity contribution in [3.8, 4) is 0 Å². The van der Waals surface area contributed by atoms with E-state index in [0.717, 1.165) is 18.6 Å². The van der Waals surface area contributed by atoms with Gasteiger partial charge in [0, 0.05) is 18.6 Å². The molecule has 0 radical (unpaired) electrons. The Bertz CT molecular complexity index is 445. The summed E-state index contributed by atoms with van der Waals surface area (Å²) in [5.41, 5.74) is 4.81. The van der Waals surface area contributed by atoms with Gasteiger partial charge in [0.1, 0.15) is 5.82 Å². The molecular formula is C14H20F4N2. The molecule has 2 N–H and O–H groups in total. The Morgan fingerprint density at radius 1 is 1.30 bits per heavy atom. The van der Waals surface area contributed by atoms with E-state index < -0.39 is 17.6 Å². The molecule has 0 aromatic heterocycles. The SMILES string of the molecule is CCC(C)N(C)C(CN)c1ccc(F)c(C(F)(F)F)c1. The highest BCUT2D eigenvalue weighted by atomic mass is 19.4. The summed E-state index contributed by atoms with van der Waals surface area (Å²) in [7, 11) is 1.81. The molecule has 1 aromatic carbocycles. The van der Waals surface area contributed by atoms with Gasteiger partial charge in [-0.3, -0.25) is 4.90 Å². The number of nitrogens with two attached hydrogens (primary N) is 1. The minimum atomic E-state index is -4.70. The molecule has 0 amide bonds. The number of hydrogen-bond acceptors (Lipinski definition) is 2. The molecule has 6 heteroatoms. The van der Waals surface area contributed by atoms with Gasteiger partial charge in [-0.25, -0.2) is 4.39 Å². The maximum atomic E-state index is 13.3. The Kier molecular flexibility index (Phi) is 5.53. The number of nitrogens with zero attached hydrogens (tertiary/aromatic N) is 1. The van der Waals surface area contributed by atoms with Crippen LogP contribution in [0.2, 0.25) is 0 Å². The smallest absolute Gasteiger partial charge is 0.329 e. The first-order valence-corrected chi connectivity index (χ1v) is 6.51. The summed E-state index contributed by atoms with van der Waals surface area (Å²) >= 11 is 0. The molecule has 0 aliphatic heterocycles. The maximum Gasteiger partial charge on any atom is 0.419 e. The Balaban J connectivity index is 3.17. The van der Waals surface area contributed by atoms with E-state index in [-0.39, 0.29) is 18.6 Å². The van der Waals surface area contributed by atoms with Crippen molar-refractivity contribution in [2.45, 2.75) is 38.5 Å². The summed E-state index contributed by atoms with van der Waals surface area (Å²) in [5.74, 6) is -1.26. The minimum absolute atomic E-state index is 0.169. The lowest BCUT2D eigenvalue weighted by molar-refractivity contribution is -0.140. The van der Waals surface area contributed by atoms with Gasteiger partial charge in [0.15, 0.2) is 0 Å². The Hall–Kier alpha value is -1.14. The van der Waals surface area contributed by atoms with E-state index in [1.165, 1.54) is 6.07 Å². The molecule has 20 heavy (non-hydrogen) atoms. The highest BCUT2D eigenvalue weighted by molar-refractivity contribution is 5.29. The van der Waals surface area contributed by atoms with Crippen molar-refractivity contribution < 1.29 is 17.6 Å². The number of likely N-dealkylation sites (N-methyl/N-ethyl adjacent to an activating group) is 1. The van der Waals surface area contributed by atoms with Gasteiger partial charge in [0.05, 0.1) is 5.56 Å². The van der Waals surface area contributed by atoms with Crippen LogP contribution >= 0.6 is 0 Å². The van der Waals surface area contributed by atoms with Gasteiger partial charge < -0.3 is 5.73 Å². The quantitative estimate of drug-likeness (QED) is 0.841. The first kappa shape index (κ1) is 16.9. The van der Waals surface area contributed by atoms with Gasteiger partial charge in [0.2, 0.25) is 0 Å². The van der Waals surface area contributed by atoms with Crippen LogP contribution in [0.15, 0.2) is 18.2 Å². The van der Waals surface area contributed by atoms with E-state index in [9.17, 15) is 17.6 Å². The standard InChI is InChI=1S/C14H20F4N2/c1-4-9(2)20(3)13(8-19)10-5-6-12(15)11(7-10)14(16,17)18/h5-7,9,13H,4,8,19H2,1-3H3. The third-order valence-electron chi connectivity index (χ3n) is 3.68. The zero-order valence-electron chi connectivity index (χ0n) is 11.8. The molecule has 2 atom stereocenters. The summed E-state index contributed by atoms with van der Waals surface area (Å²) in [5, 5.41) is 0. The molecule has 0 bridgehead atoms. The minimum Gasteiger partial charge on any atom is -0.329 e. The van der Waals surface area contributed by atoms with Crippen LogP contribution in [0, 0.1) is 5.82 Å². The second-order valence-electron chi connectivity index (χ2n) is 4.91. The zero-order valence-corrected chi connectivity index (χ0v) is 11.8. The van der Waals surface area contributed by atoms with E-state index >= 15 is 0 Å². The van der Waals surface area contributed by atoms with Crippen LogP contribution in [-0.4, -0.2) is 24.5 Å². The molecule has 0 saturated heterocycles. The largest absolute Gasteiger partial charge is 0.419 e. The fourth-order valence-electron chi connectivity index (χ4n) is 2.10. The first-order chi connectivity index (χ1) is 9.22. The van der Waals surface area contributed by atoms with E-state index in [1.54, 1.807) is 0 Å². The summed E-state index contributed by atoms with van der Waals surface area (Å²) in [6.45, 7) is 4.13. The number of rotatable bonds is 5. The normalized spacial score (nSPS) is 15.4. The van der Waals surface area contributed by atoms with E-state index in [0.29, 0.717) is 5.56 Å². The third kappa shape index (κ3) is 3.70. The number of benzene rings is 1. The molecular weight excluding hydrogens is 272 g/mol. The van der Waals surface area contributed by atoms with Crippen LogP contribution in [0.5, 0.6) is 0 Å². The molecule has 0 spiro atoms. The predicted octanol–water partition coefficient (Wildman–Crippen LogP) is 3.57. The molecule has 2 nitrogen and oxygen atoms in total. The topological polar surface area (TPSA) is 29.3 Å². The maximum absolute atomic E-state index is 13.3. The summed E-state index contributed by atoms with van der Waals surface area (Å²) in [6.07, 6.45) is -3.85. The highest BCUT2D eigenvalue weighted by Gasteiger charge is 2.35. The lowest BCUT2D eigenvalue weighted by Gasteiger charge is -2.32. The van der Waals surface area contributed by atoms with Crippen molar-refractivity contribution in [1.29, 1.82) is 0 Å². The number of halogens is 4. The van der Waals surface area contributed by atoms with Gasteiger partial charge in [-0.15, -0.1) is 0 Å². The highest BCUT2D eigenvalue weighted by Crippen LogP contribution is 2.34. The average molecular weight is 292 g/mol. The van der Waals surface area contributed by atoms with Crippen molar-refractivity contribution in [2.75, 3.05) is 13.6 Å². The van der Waals surface area contributed by atoms with Crippen molar-refractivity contribution in [1.82, 2.24) is 4.90 Å². The van der Waals surface area contributed by atoms with Gasteiger partial charge in [-0.1, -0.05) is 13.0 Å². The van der Waals surface area contributed by atoms with Crippen molar-refractivity contribution in [2.24, 2.45) is 5.73 Å². The van der Waals surface area contributed by atoms with Gasteiger partial charge in [-0.05, 0) is 38.1 Å². The number of alkyl halides is 3. The van der Waals surface area contributed by atoms with Crippen LogP contribution in [0.3, 0.4) is 0 Å². The average Bonchev–Trinajstić information content (AvgIpc) is 2.38. The second-order valence-corrected chi connectivity index (χ2v) is 4.91. The molecule has 1 rings (SSSR count). The molecule has 1 aromatic rings. The van der Waals surface area contributed by atoms with E-state index in [2.05, 4.69) is 0 Å². The molecule has 2 unspecified atom stereocenters. The third-order valence-corrected chi connectivity index (χ3v) is 3.68. The fraction of sp³-hybridized carbons (Fsp3) is 0.571. The molecule has 0 fully saturated rings. The fourth-order valence-corrected chi connectivity index (χ4v) is 2.10. The van der Waals surface area contributed by atoms with Crippen molar-refractivity contribution in [3.63, 3.8) is 0 Å². The van der Waals surface area contributed by atoms with Gasteiger partial charge in [0.25, 0.3) is 0 Å². The van der Waals surface area contributed by atoms with Crippen LogP contribution in [0.1, 0.15) is 37.4 Å².